The van der Waals surface area contributed by atoms with E-state index in [0.717, 1.165) is 0 Å². The van der Waals surface area contributed by atoms with Crippen LogP contribution in [0.2, 0.25) is 0 Å². The minimum atomic E-state index is -1.05. The smallest absolute Gasteiger partial charge is 0.303 e. The number of hydrogen-bond donors (Lipinski definition) is 0. The molecule has 1 aliphatic carbocycles. The second-order valence-electron chi connectivity index (χ2n) is 5.58. The van der Waals surface area contributed by atoms with Crippen molar-refractivity contribution >= 4 is 23.9 Å². The van der Waals surface area contributed by atoms with Crippen LogP contribution in [-0.4, -0.2) is 48.3 Å². The van der Waals surface area contributed by atoms with Gasteiger partial charge in [-0.2, -0.15) is 0 Å². The molecule has 1 unspecified atom stereocenters. The van der Waals surface area contributed by atoms with Crippen molar-refractivity contribution in [2.45, 2.75) is 65.5 Å². The highest BCUT2D eigenvalue weighted by Crippen LogP contribution is 2.33. The second kappa shape index (κ2) is 7.94. The summed E-state index contributed by atoms with van der Waals surface area (Å²) in [6, 6.07) is 0. The molecule has 8 heteroatoms. The van der Waals surface area contributed by atoms with Crippen LogP contribution in [0.1, 0.15) is 41.0 Å². The van der Waals surface area contributed by atoms with Crippen LogP contribution in [-0.2, 0) is 38.1 Å². The number of hydrogen-bond acceptors (Lipinski definition) is 8. The third-order valence-corrected chi connectivity index (χ3v) is 3.40. The van der Waals surface area contributed by atoms with Crippen LogP contribution in [0.4, 0.5) is 0 Å². The number of carbonyl (C=O) groups excluding carboxylic acids is 4. The second-order valence-corrected chi connectivity index (χ2v) is 5.58. The molecule has 0 aromatic carbocycles. The molecule has 0 heterocycles. The maximum atomic E-state index is 11.4. The third kappa shape index (κ3) is 5.54. The van der Waals surface area contributed by atoms with Crippen molar-refractivity contribution in [1.29, 1.82) is 0 Å². The fourth-order valence-electron chi connectivity index (χ4n) is 2.72. The maximum Gasteiger partial charge on any atom is 0.303 e. The Morgan fingerprint density at radius 3 is 1.48 bits per heavy atom. The predicted molar refractivity (Wildman–Crippen MR) is 76.0 cm³/mol. The molecule has 8 nitrogen and oxygen atoms in total. The molecule has 0 aliphatic heterocycles. The maximum absolute atomic E-state index is 11.4. The van der Waals surface area contributed by atoms with E-state index in [9.17, 15) is 19.2 Å². The lowest BCUT2D eigenvalue weighted by atomic mass is 9.81. The van der Waals surface area contributed by atoms with Gasteiger partial charge in [-0.15, -0.1) is 0 Å². The lowest BCUT2D eigenvalue weighted by Crippen LogP contribution is -2.58. The first-order valence-corrected chi connectivity index (χ1v) is 7.30. The van der Waals surface area contributed by atoms with Gasteiger partial charge in [0.15, 0.2) is 12.2 Å². The molecule has 1 rings (SSSR count). The van der Waals surface area contributed by atoms with E-state index in [2.05, 4.69) is 0 Å². The average molecular weight is 330 g/mol. The fourth-order valence-corrected chi connectivity index (χ4v) is 2.72. The molecule has 130 valence electrons. The molecule has 1 aliphatic rings. The molecule has 23 heavy (non-hydrogen) atoms. The first kappa shape index (κ1) is 18.9. The van der Waals surface area contributed by atoms with E-state index >= 15 is 0 Å². The molecular weight excluding hydrogens is 308 g/mol. The monoisotopic (exact) mass is 330 g/mol. The highest BCUT2D eigenvalue weighted by atomic mass is 16.6. The molecule has 0 spiro atoms. The summed E-state index contributed by atoms with van der Waals surface area (Å²) in [7, 11) is 0. The number of esters is 4. The molecule has 1 saturated carbocycles. The Labute approximate surface area is 134 Å². The highest BCUT2D eigenvalue weighted by molar-refractivity contribution is 5.69. The zero-order valence-electron chi connectivity index (χ0n) is 13.9. The lowest BCUT2D eigenvalue weighted by molar-refractivity contribution is -0.217. The van der Waals surface area contributed by atoms with Crippen molar-refractivity contribution in [3.05, 3.63) is 0 Å². The van der Waals surface area contributed by atoms with Gasteiger partial charge < -0.3 is 18.9 Å². The summed E-state index contributed by atoms with van der Waals surface area (Å²) in [5, 5.41) is 0. The first-order valence-electron chi connectivity index (χ1n) is 7.30. The van der Waals surface area contributed by atoms with Gasteiger partial charge in [0.25, 0.3) is 0 Å². The van der Waals surface area contributed by atoms with Crippen molar-refractivity contribution in [3.63, 3.8) is 0 Å². The lowest BCUT2D eigenvalue weighted by Gasteiger charge is -2.43. The Bertz CT molecular complexity index is 486. The van der Waals surface area contributed by atoms with Gasteiger partial charge in [0.2, 0.25) is 0 Å². The summed E-state index contributed by atoms with van der Waals surface area (Å²) in [5.74, 6) is -2.61. The molecule has 0 amide bonds. The van der Waals surface area contributed by atoms with Crippen LogP contribution in [0.15, 0.2) is 0 Å². The quantitative estimate of drug-likeness (QED) is 0.549. The summed E-state index contributed by atoms with van der Waals surface area (Å²) in [5.41, 5.74) is 0. The van der Waals surface area contributed by atoms with Crippen LogP contribution in [0.25, 0.3) is 0 Å². The molecule has 0 bridgehead atoms. The average Bonchev–Trinajstić information content (AvgIpc) is 2.36. The van der Waals surface area contributed by atoms with Crippen LogP contribution in [0.5, 0.6) is 0 Å². The molecule has 0 N–H and O–H groups in total. The van der Waals surface area contributed by atoms with Gasteiger partial charge in [-0.3, -0.25) is 19.2 Å². The Balaban J connectivity index is 3.15. The van der Waals surface area contributed by atoms with Crippen LogP contribution >= 0.6 is 0 Å². The third-order valence-electron chi connectivity index (χ3n) is 3.40. The van der Waals surface area contributed by atoms with E-state index < -0.39 is 48.3 Å². The molecule has 0 radical (unpaired) electrons. The van der Waals surface area contributed by atoms with Crippen molar-refractivity contribution < 1.29 is 38.1 Å². The zero-order valence-corrected chi connectivity index (χ0v) is 13.9. The number of rotatable bonds is 4. The van der Waals surface area contributed by atoms with Crippen molar-refractivity contribution in [3.8, 4) is 0 Å². The zero-order chi connectivity index (χ0) is 17.7. The molecule has 5 atom stereocenters. The summed E-state index contributed by atoms with van der Waals surface area (Å²) < 4.78 is 20.8. The first-order chi connectivity index (χ1) is 10.6. The minimum Gasteiger partial charge on any atom is -0.458 e. The van der Waals surface area contributed by atoms with Gasteiger partial charge in [0.1, 0.15) is 12.2 Å². The van der Waals surface area contributed by atoms with Crippen molar-refractivity contribution in [2.75, 3.05) is 0 Å². The van der Waals surface area contributed by atoms with Gasteiger partial charge in [0.05, 0.1) is 0 Å². The van der Waals surface area contributed by atoms with Crippen LogP contribution < -0.4 is 0 Å². The Morgan fingerprint density at radius 1 is 0.652 bits per heavy atom. The molecule has 0 saturated heterocycles. The van der Waals surface area contributed by atoms with Gasteiger partial charge in [-0.05, 0) is 6.42 Å². The topological polar surface area (TPSA) is 105 Å². The van der Waals surface area contributed by atoms with Gasteiger partial charge >= 0.3 is 23.9 Å². The molecule has 0 aromatic heterocycles. The van der Waals surface area contributed by atoms with Gasteiger partial charge in [0, 0.05) is 33.6 Å². The predicted octanol–water partition coefficient (Wildman–Crippen LogP) is 0.753. The number of carbonyl (C=O) groups is 4. The Kier molecular flexibility index (Phi) is 6.53. The summed E-state index contributed by atoms with van der Waals surface area (Å²) in [4.78, 5) is 45.4. The largest absolute Gasteiger partial charge is 0.458 e. The summed E-state index contributed by atoms with van der Waals surface area (Å²) in [6.07, 6.45) is -3.38. The standard InChI is InChI=1S/C15H22O8/c1-7-6-12(20-8(2)16)14(22-10(4)18)15(23-11(5)19)13(7)21-9(3)17/h7,12-15H,6H2,1-5H3/t7-,12?,13+,14-,15-/m0/s1. The van der Waals surface area contributed by atoms with Gasteiger partial charge in [-0.25, -0.2) is 0 Å². The van der Waals surface area contributed by atoms with E-state index in [-0.39, 0.29) is 5.92 Å². The summed E-state index contributed by atoms with van der Waals surface area (Å²) in [6.45, 7) is 6.61. The SMILES string of the molecule is CC(=O)OC1C[C@H](C)[C@@H](OC(C)=O)[C@H](OC(C)=O)[C@H]1OC(C)=O. The minimum absolute atomic E-state index is 0.264. The Morgan fingerprint density at radius 2 is 1.04 bits per heavy atom. The van der Waals surface area contributed by atoms with Crippen molar-refractivity contribution in [1.82, 2.24) is 0 Å². The van der Waals surface area contributed by atoms with Crippen LogP contribution in [0, 0.1) is 5.92 Å². The van der Waals surface area contributed by atoms with E-state index in [4.69, 9.17) is 18.9 Å². The van der Waals surface area contributed by atoms with E-state index in [1.165, 1.54) is 27.7 Å². The molecule has 1 fully saturated rings. The molecule has 0 aromatic rings. The van der Waals surface area contributed by atoms with E-state index in [0.29, 0.717) is 6.42 Å². The van der Waals surface area contributed by atoms with Crippen LogP contribution in [0.3, 0.4) is 0 Å². The number of ether oxygens (including phenoxy) is 4. The molecular formula is C15H22O8. The summed E-state index contributed by atoms with van der Waals surface area (Å²) >= 11 is 0. The fraction of sp³-hybridized carbons (Fsp3) is 0.733. The van der Waals surface area contributed by atoms with E-state index in [1.807, 2.05) is 0 Å². The Hall–Kier alpha value is -2.12. The highest BCUT2D eigenvalue weighted by Gasteiger charge is 2.50. The van der Waals surface area contributed by atoms with E-state index in [1.54, 1.807) is 6.92 Å². The van der Waals surface area contributed by atoms with Crippen molar-refractivity contribution in [2.24, 2.45) is 5.92 Å². The van der Waals surface area contributed by atoms with Gasteiger partial charge in [-0.1, -0.05) is 6.92 Å². The normalized spacial score (nSPS) is 30.0.